The van der Waals surface area contributed by atoms with Crippen molar-refractivity contribution in [2.24, 2.45) is 10.8 Å². The van der Waals surface area contributed by atoms with Crippen LogP contribution in [0.15, 0.2) is 29.3 Å². The molecule has 1 rings (SSSR count). The third-order valence-corrected chi connectivity index (χ3v) is 2.00. The molecule has 0 saturated heterocycles. The number of hydrazine groups is 1. The summed E-state index contributed by atoms with van der Waals surface area (Å²) in [6.45, 7) is 0.612. The summed E-state index contributed by atoms with van der Waals surface area (Å²) >= 11 is 0. The molecule has 0 amide bonds. The van der Waals surface area contributed by atoms with Crippen molar-refractivity contribution >= 4 is 5.96 Å². The van der Waals surface area contributed by atoms with Crippen LogP contribution in [0.1, 0.15) is 5.56 Å². The second kappa shape index (κ2) is 5.87. The lowest BCUT2D eigenvalue weighted by Gasteiger charge is -2.11. The van der Waals surface area contributed by atoms with Crippen LogP contribution in [0, 0.1) is 0 Å². The summed E-state index contributed by atoms with van der Waals surface area (Å²) in [5, 5.41) is 3.04. The third kappa shape index (κ3) is 3.14. The molecule has 0 aliphatic rings. The van der Waals surface area contributed by atoms with Crippen molar-refractivity contribution in [1.82, 2.24) is 10.7 Å². The topological polar surface area (TPSA) is 71.7 Å². The van der Waals surface area contributed by atoms with Crippen LogP contribution >= 0.6 is 0 Å². The minimum Gasteiger partial charge on any atom is -0.496 e. The fourth-order valence-electron chi connectivity index (χ4n) is 1.22. The molecule has 0 unspecified atom stereocenters. The van der Waals surface area contributed by atoms with Gasteiger partial charge in [0.15, 0.2) is 0 Å². The lowest BCUT2D eigenvalue weighted by molar-refractivity contribution is 0.409. The molecule has 0 saturated carbocycles. The highest BCUT2D eigenvalue weighted by molar-refractivity contribution is 5.78. The first-order valence-corrected chi connectivity index (χ1v) is 4.61. The van der Waals surface area contributed by atoms with E-state index in [1.54, 1.807) is 14.2 Å². The number of para-hydroxylation sites is 1. The van der Waals surface area contributed by atoms with Gasteiger partial charge in [-0.3, -0.25) is 10.4 Å². The Balaban J connectivity index is 2.64. The number of hydrogen-bond donors (Lipinski definition) is 3. The van der Waals surface area contributed by atoms with Gasteiger partial charge in [-0.1, -0.05) is 18.2 Å². The van der Waals surface area contributed by atoms with Gasteiger partial charge in [-0.05, 0) is 6.07 Å². The fourth-order valence-corrected chi connectivity index (χ4v) is 1.22. The Morgan fingerprint density at radius 3 is 2.80 bits per heavy atom. The molecule has 0 heterocycles. The monoisotopic (exact) mass is 208 g/mol. The molecular weight excluding hydrogens is 192 g/mol. The number of nitrogens with one attached hydrogen (secondary N) is 2. The summed E-state index contributed by atoms with van der Waals surface area (Å²) in [5.74, 6) is 6.63. The van der Waals surface area contributed by atoms with Crippen LogP contribution in [-0.4, -0.2) is 20.1 Å². The van der Waals surface area contributed by atoms with Crippen LogP contribution in [0.5, 0.6) is 5.75 Å². The maximum atomic E-state index is 5.24. The predicted octanol–water partition coefficient (Wildman–Crippen LogP) is 0.234. The van der Waals surface area contributed by atoms with Crippen molar-refractivity contribution in [2.45, 2.75) is 6.54 Å². The molecule has 0 aliphatic heterocycles. The van der Waals surface area contributed by atoms with Gasteiger partial charge in [-0.2, -0.15) is 0 Å². The van der Waals surface area contributed by atoms with Crippen LogP contribution in [-0.2, 0) is 6.54 Å². The maximum Gasteiger partial charge on any atom is 0.205 e. The zero-order chi connectivity index (χ0) is 11.1. The average Bonchev–Trinajstić information content (AvgIpc) is 2.31. The number of nitrogens with zero attached hydrogens (tertiary/aromatic N) is 1. The van der Waals surface area contributed by atoms with Crippen molar-refractivity contribution in [3.05, 3.63) is 29.8 Å². The van der Waals surface area contributed by atoms with Gasteiger partial charge in [0.2, 0.25) is 5.96 Å². The summed E-state index contributed by atoms with van der Waals surface area (Å²) in [5.41, 5.74) is 3.51. The quantitative estimate of drug-likeness (QED) is 0.288. The van der Waals surface area contributed by atoms with E-state index in [2.05, 4.69) is 15.7 Å². The Kier molecular flexibility index (Phi) is 4.43. The largest absolute Gasteiger partial charge is 0.496 e. The molecule has 4 N–H and O–H groups in total. The van der Waals surface area contributed by atoms with Crippen LogP contribution in [0.4, 0.5) is 0 Å². The molecule has 0 atom stereocenters. The fraction of sp³-hybridized carbons (Fsp3) is 0.300. The predicted molar refractivity (Wildman–Crippen MR) is 60.5 cm³/mol. The van der Waals surface area contributed by atoms with Crippen molar-refractivity contribution in [3.63, 3.8) is 0 Å². The lowest BCUT2D eigenvalue weighted by atomic mass is 10.2. The zero-order valence-corrected chi connectivity index (χ0v) is 8.95. The highest BCUT2D eigenvalue weighted by atomic mass is 16.5. The van der Waals surface area contributed by atoms with Crippen molar-refractivity contribution in [1.29, 1.82) is 0 Å². The van der Waals surface area contributed by atoms with Crippen LogP contribution in [0.3, 0.4) is 0 Å². The average molecular weight is 208 g/mol. The van der Waals surface area contributed by atoms with E-state index in [0.29, 0.717) is 12.5 Å². The van der Waals surface area contributed by atoms with E-state index in [1.807, 2.05) is 24.3 Å². The van der Waals surface area contributed by atoms with E-state index >= 15 is 0 Å². The van der Waals surface area contributed by atoms with Crippen molar-refractivity contribution in [2.75, 3.05) is 14.2 Å². The molecule has 15 heavy (non-hydrogen) atoms. The number of rotatable bonds is 3. The van der Waals surface area contributed by atoms with Gasteiger partial charge in [0.1, 0.15) is 5.75 Å². The van der Waals surface area contributed by atoms with Crippen molar-refractivity contribution < 1.29 is 4.74 Å². The normalized spacial score (nSPS) is 11.0. The van der Waals surface area contributed by atoms with Crippen LogP contribution in [0.25, 0.3) is 0 Å². The second-order valence-electron chi connectivity index (χ2n) is 2.88. The SMILES string of the molecule is CN=C(NN)NCc1ccccc1OC. The van der Waals surface area contributed by atoms with E-state index in [4.69, 9.17) is 10.6 Å². The molecule has 1 aromatic rings. The molecule has 0 bridgehead atoms. The first-order chi connectivity index (χ1) is 7.31. The molecular formula is C10H16N4O. The van der Waals surface area contributed by atoms with E-state index in [-0.39, 0.29) is 0 Å². The first kappa shape index (κ1) is 11.3. The first-order valence-electron chi connectivity index (χ1n) is 4.61. The van der Waals surface area contributed by atoms with E-state index in [0.717, 1.165) is 11.3 Å². The zero-order valence-electron chi connectivity index (χ0n) is 8.95. The smallest absolute Gasteiger partial charge is 0.205 e. The minimum atomic E-state index is 0.543. The lowest BCUT2D eigenvalue weighted by Crippen LogP contribution is -2.41. The van der Waals surface area contributed by atoms with Gasteiger partial charge in [0.05, 0.1) is 7.11 Å². The Morgan fingerprint density at radius 1 is 1.47 bits per heavy atom. The second-order valence-corrected chi connectivity index (χ2v) is 2.88. The molecule has 0 fully saturated rings. The molecule has 1 aromatic carbocycles. The van der Waals surface area contributed by atoms with E-state index < -0.39 is 0 Å². The Morgan fingerprint density at radius 2 is 2.20 bits per heavy atom. The number of aliphatic imine (C=N–C) groups is 1. The van der Waals surface area contributed by atoms with Gasteiger partial charge < -0.3 is 10.1 Å². The number of benzene rings is 1. The number of guanidine groups is 1. The molecule has 5 heteroatoms. The number of ether oxygens (including phenoxy) is 1. The summed E-state index contributed by atoms with van der Waals surface area (Å²) in [7, 11) is 3.30. The molecule has 0 aliphatic carbocycles. The summed E-state index contributed by atoms with van der Waals surface area (Å²) in [4.78, 5) is 3.91. The summed E-state index contributed by atoms with van der Waals surface area (Å²) in [6, 6.07) is 7.78. The summed E-state index contributed by atoms with van der Waals surface area (Å²) < 4.78 is 5.21. The third-order valence-electron chi connectivity index (χ3n) is 2.00. The summed E-state index contributed by atoms with van der Waals surface area (Å²) in [6.07, 6.45) is 0. The number of nitrogens with two attached hydrogens (primary N) is 1. The number of hydrogen-bond acceptors (Lipinski definition) is 3. The van der Waals surface area contributed by atoms with Crippen molar-refractivity contribution in [3.8, 4) is 5.75 Å². The Hall–Kier alpha value is -1.75. The van der Waals surface area contributed by atoms with Gasteiger partial charge in [-0.15, -0.1) is 0 Å². The molecule has 5 nitrogen and oxygen atoms in total. The van der Waals surface area contributed by atoms with E-state index in [1.165, 1.54) is 0 Å². The van der Waals surface area contributed by atoms with Gasteiger partial charge in [0, 0.05) is 19.2 Å². The molecule has 0 radical (unpaired) electrons. The van der Waals surface area contributed by atoms with Gasteiger partial charge in [0.25, 0.3) is 0 Å². The van der Waals surface area contributed by atoms with Gasteiger partial charge in [-0.25, -0.2) is 5.84 Å². The Bertz CT molecular complexity index is 338. The van der Waals surface area contributed by atoms with Gasteiger partial charge >= 0.3 is 0 Å². The highest BCUT2D eigenvalue weighted by Gasteiger charge is 2.01. The van der Waals surface area contributed by atoms with E-state index in [9.17, 15) is 0 Å². The van der Waals surface area contributed by atoms with Crippen LogP contribution < -0.4 is 21.3 Å². The maximum absolute atomic E-state index is 5.24. The molecule has 82 valence electrons. The minimum absolute atomic E-state index is 0.543. The van der Waals surface area contributed by atoms with Crippen LogP contribution in [0.2, 0.25) is 0 Å². The Labute approximate surface area is 89.3 Å². The molecule has 0 spiro atoms. The molecule has 0 aromatic heterocycles. The highest BCUT2D eigenvalue weighted by Crippen LogP contribution is 2.16. The standard InChI is InChI=1S/C10H16N4O/c1-12-10(14-11)13-7-8-5-3-4-6-9(8)15-2/h3-6H,7,11H2,1-2H3,(H2,12,13,14). The number of methoxy groups -OCH3 is 1.